The summed E-state index contributed by atoms with van der Waals surface area (Å²) >= 11 is 0. The number of ketones is 1. The molecule has 1 aromatic carbocycles. The Hall–Kier alpha value is -1.48. The summed E-state index contributed by atoms with van der Waals surface area (Å²) in [7, 11) is 0. The van der Waals surface area contributed by atoms with Gasteiger partial charge in [0.15, 0.2) is 5.78 Å². The van der Waals surface area contributed by atoms with E-state index in [1.807, 2.05) is 30.3 Å². The number of hydrogen-bond donors (Lipinski definition) is 0. The largest absolute Gasteiger partial charge is 0.360 e. The van der Waals surface area contributed by atoms with Crippen molar-refractivity contribution in [3.05, 3.63) is 35.9 Å². The molecule has 0 aliphatic carbocycles. The van der Waals surface area contributed by atoms with E-state index in [1.54, 1.807) is 0 Å². The third-order valence-corrected chi connectivity index (χ3v) is 3.06. The molecule has 1 saturated heterocycles. The second-order valence-electron chi connectivity index (χ2n) is 4.33. The molecule has 3 nitrogen and oxygen atoms in total. The minimum atomic E-state index is -0.404. The van der Waals surface area contributed by atoms with E-state index >= 15 is 0 Å². The lowest BCUT2D eigenvalue weighted by atomic mass is 9.98. The Balaban J connectivity index is 1.89. The van der Waals surface area contributed by atoms with E-state index < -0.39 is 12.2 Å². The summed E-state index contributed by atoms with van der Waals surface area (Å²) in [5, 5.41) is 0. The molecule has 1 aliphatic heterocycles. The van der Waals surface area contributed by atoms with Gasteiger partial charge in [-0.3, -0.25) is 4.79 Å². The van der Waals surface area contributed by atoms with Crippen LogP contribution in [0.15, 0.2) is 30.3 Å². The maximum absolute atomic E-state index is 11.6. The molecule has 2 atom stereocenters. The Labute approximate surface area is 101 Å². The molecule has 1 heterocycles. The molecule has 17 heavy (non-hydrogen) atoms. The lowest BCUT2D eigenvalue weighted by Gasteiger charge is -2.25. The number of ether oxygens (including phenoxy) is 1. The summed E-state index contributed by atoms with van der Waals surface area (Å²) in [6, 6.07) is 9.99. The van der Waals surface area contributed by atoms with Crippen molar-refractivity contribution in [2.75, 3.05) is 0 Å². The zero-order valence-corrected chi connectivity index (χ0v) is 9.67. The zero-order chi connectivity index (χ0) is 12.1. The van der Waals surface area contributed by atoms with Gasteiger partial charge in [0.25, 0.3) is 0 Å². The monoisotopic (exact) mass is 232 g/mol. The Morgan fingerprint density at radius 2 is 2.06 bits per heavy atom. The number of rotatable bonds is 4. The lowest BCUT2D eigenvalue weighted by molar-refractivity contribution is -0.146. The quantitative estimate of drug-likeness (QED) is 0.745. The van der Waals surface area contributed by atoms with Crippen LogP contribution in [0.1, 0.15) is 24.8 Å². The predicted octanol–water partition coefficient (Wildman–Crippen LogP) is 1.93. The fraction of sp³-hybridized carbons (Fsp3) is 0.429. The highest BCUT2D eigenvalue weighted by molar-refractivity contribution is 5.84. The third kappa shape index (κ3) is 3.24. The molecular weight excluding hydrogens is 216 g/mol. The van der Waals surface area contributed by atoms with Gasteiger partial charge in [-0.05, 0) is 24.8 Å². The highest BCUT2D eigenvalue weighted by Crippen LogP contribution is 2.19. The highest BCUT2D eigenvalue weighted by atomic mass is 16.5. The summed E-state index contributed by atoms with van der Waals surface area (Å²) in [5.74, 6) is 0.124. The van der Waals surface area contributed by atoms with E-state index in [1.165, 1.54) is 5.56 Å². The lowest BCUT2D eigenvalue weighted by Crippen LogP contribution is -2.36. The zero-order valence-electron chi connectivity index (χ0n) is 9.67. The summed E-state index contributed by atoms with van der Waals surface area (Å²) in [5.41, 5.74) is 1.19. The Morgan fingerprint density at radius 1 is 1.29 bits per heavy atom. The molecule has 1 aliphatic rings. The van der Waals surface area contributed by atoms with Crippen LogP contribution in [0.3, 0.4) is 0 Å². The molecule has 3 heteroatoms. The molecule has 0 saturated carbocycles. The molecule has 0 N–H and O–H groups in total. The molecule has 1 fully saturated rings. The van der Waals surface area contributed by atoms with Crippen molar-refractivity contribution in [2.24, 2.45) is 0 Å². The second-order valence-corrected chi connectivity index (χ2v) is 4.33. The third-order valence-electron chi connectivity index (χ3n) is 3.06. The van der Waals surface area contributed by atoms with E-state index in [0.29, 0.717) is 19.3 Å². The number of carbonyl (C=O) groups excluding carboxylic acids is 2. The van der Waals surface area contributed by atoms with Gasteiger partial charge in [-0.2, -0.15) is 0 Å². The van der Waals surface area contributed by atoms with Crippen LogP contribution in [0.4, 0.5) is 0 Å². The van der Waals surface area contributed by atoms with E-state index in [4.69, 9.17) is 4.74 Å². The van der Waals surface area contributed by atoms with Crippen molar-refractivity contribution in [1.29, 1.82) is 0 Å². The Kier molecular flexibility index (Phi) is 4.04. The summed E-state index contributed by atoms with van der Waals surface area (Å²) < 4.78 is 5.45. The van der Waals surface area contributed by atoms with Crippen LogP contribution in [0.5, 0.6) is 0 Å². The van der Waals surface area contributed by atoms with Crippen LogP contribution in [0, 0.1) is 0 Å². The van der Waals surface area contributed by atoms with Crippen LogP contribution in [0.2, 0.25) is 0 Å². The van der Waals surface area contributed by atoms with Gasteiger partial charge in [0.2, 0.25) is 0 Å². The topological polar surface area (TPSA) is 43.4 Å². The molecule has 0 bridgehead atoms. The van der Waals surface area contributed by atoms with Crippen molar-refractivity contribution in [1.82, 2.24) is 0 Å². The SMILES string of the molecule is O=CC1CCC(=O)C(CCc2ccccc2)O1. The van der Waals surface area contributed by atoms with Crippen molar-refractivity contribution in [3.8, 4) is 0 Å². The fourth-order valence-corrected chi connectivity index (χ4v) is 2.07. The van der Waals surface area contributed by atoms with Crippen molar-refractivity contribution in [2.45, 2.75) is 37.9 Å². The van der Waals surface area contributed by atoms with Gasteiger partial charge >= 0.3 is 0 Å². The number of aldehydes is 1. The maximum atomic E-state index is 11.6. The molecule has 2 rings (SSSR count). The number of hydrogen-bond acceptors (Lipinski definition) is 3. The van der Waals surface area contributed by atoms with Crippen LogP contribution in [-0.2, 0) is 20.7 Å². The molecule has 2 unspecified atom stereocenters. The van der Waals surface area contributed by atoms with E-state index in [2.05, 4.69) is 0 Å². The predicted molar refractivity (Wildman–Crippen MR) is 63.7 cm³/mol. The summed E-state index contributed by atoms with van der Waals surface area (Å²) in [6.07, 6.45) is 2.46. The van der Waals surface area contributed by atoms with Crippen LogP contribution in [0.25, 0.3) is 0 Å². The molecule has 0 spiro atoms. The van der Waals surface area contributed by atoms with Gasteiger partial charge < -0.3 is 9.53 Å². The van der Waals surface area contributed by atoms with Crippen LogP contribution in [-0.4, -0.2) is 24.3 Å². The number of aryl methyl sites for hydroxylation is 1. The van der Waals surface area contributed by atoms with Crippen molar-refractivity contribution < 1.29 is 14.3 Å². The Bertz CT molecular complexity index is 386. The van der Waals surface area contributed by atoms with E-state index in [-0.39, 0.29) is 5.78 Å². The first-order valence-electron chi connectivity index (χ1n) is 5.97. The fourth-order valence-electron chi connectivity index (χ4n) is 2.07. The van der Waals surface area contributed by atoms with Gasteiger partial charge in [-0.1, -0.05) is 30.3 Å². The molecule has 0 amide bonds. The second kappa shape index (κ2) is 5.73. The summed E-state index contributed by atoms with van der Waals surface area (Å²) in [6.45, 7) is 0. The van der Waals surface area contributed by atoms with E-state index in [0.717, 1.165) is 12.7 Å². The van der Waals surface area contributed by atoms with Crippen LogP contribution >= 0.6 is 0 Å². The number of Topliss-reactive ketones (excluding diaryl/α,β-unsaturated/α-hetero) is 1. The van der Waals surface area contributed by atoms with E-state index in [9.17, 15) is 9.59 Å². The molecule has 1 aromatic rings. The van der Waals surface area contributed by atoms with Gasteiger partial charge in [-0.15, -0.1) is 0 Å². The smallest absolute Gasteiger partial charge is 0.161 e. The molecule has 90 valence electrons. The van der Waals surface area contributed by atoms with Gasteiger partial charge in [0.1, 0.15) is 18.5 Å². The minimum absolute atomic E-state index is 0.124. The van der Waals surface area contributed by atoms with Gasteiger partial charge in [0, 0.05) is 6.42 Å². The van der Waals surface area contributed by atoms with Crippen molar-refractivity contribution >= 4 is 12.1 Å². The first kappa shape index (κ1) is 12.0. The van der Waals surface area contributed by atoms with Gasteiger partial charge in [0.05, 0.1) is 0 Å². The normalized spacial score (nSPS) is 24.6. The van der Waals surface area contributed by atoms with Gasteiger partial charge in [-0.25, -0.2) is 0 Å². The first-order chi connectivity index (χ1) is 8.29. The Morgan fingerprint density at radius 3 is 2.76 bits per heavy atom. The molecule has 0 radical (unpaired) electrons. The van der Waals surface area contributed by atoms with Crippen LogP contribution < -0.4 is 0 Å². The first-order valence-corrected chi connectivity index (χ1v) is 5.97. The number of benzene rings is 1. The minimum Gasteiger partial charge on any atom is -0.360 e. The maximum Gasteiger partial charge on any atom is 0.161 e. The molecule has 0 aromatic heterocycles. The standard InChI is InChI=1S/C14H16O3/c15-10-12-7-8-13(16)14(17-12)9-6-11-4-2-1-3-5-11/h1-5,10,12,14H,6-9H2. The number of carbonyl (C=O) groups is 2. The molecular formula is C14H16O3. The summed E-state index contributed by atoms with van der Waals surface area (Å²) in [4.78, 5) is 22.3. The highest BCUT2D eigenvalue weighted by Gasteiger charge is 2.28. The van der Waals surface area contributed by atoms with Crippen molar-refractivity contribution in [3.63, 3.8) is 0 Å². The average molecular weight is 232 g/mol. The average Bonchev–Trinajstić information content (AvgIpc) is 2.39.